The minimum absolute atomic E-state index is 0.344. The molecule has 3 rings (SSSR count). The van der Waals surface area contributed by atoms with Gasteiger partial charge in [0.25, 0.3) is 0 Å². The van der Waals surface area contributed by atoms with Gasteiger partial charge in [0.2, 0.25) is 0 Å². The molecular weight excluding hydrogens is 350 g/mol. The number of pyridine rings is 1. The van der Waals surface area contributed by atoms with Crippen LogP contribution in [0.4, 0.5) is 16.3 Å². The monoisotopic (exact) mass is 367 g/mol. The van der Waals surface area contributed by atoms with Crippen LogP contribution in [0.5, 0.6) is 5.75 Å². The van der Waals surface area contributed by atoms with E-state index in [1.54, 1.807) is 30.5 Å². The Bertz CT molecular complexity index is 880. The van der Waals surface area contributed by atoms with Crippen molar-refractivity contribution >= 4 is 29.1 Å². The fourth-order valence-electron chi connectivity index (χ4n) is 2.25. The van der Waals surface area contributed by atoms with E-state index in [9.17, 15) is 4.79 Å². The Kier molecular flexibility index (Phi) is 5.71. The van der Waals surface area contributed by atoms with E-state index in [-0.39, 0.29) is 6.03 Å². The molecule has 0 aliphatic heterocycles. The van der Waals surface area contributed by atoms with Crippen LogP contribution < -0.4 is 15.4 Å². The molecule has 0 aliphatic carbocycles. The van der Waals surface area contributed by atoms with Gasteiger partial charge in [-0.15, -0.1) is 0 Å². The molecule has 2 N–H and O–H groups in total. The Hall–Kier alpha value is -3.05. The molecule has 3 aromatic rings. The Labute approximate surface area is 157 Å². The van der Waals surface area contributed by atoms with Gasteiger partial charge in [-0.1, -0.05) is 41.4 Å². The molecule has 0 unspecified atom stereocenters. The number of carbonyl (C=O) groups is 1. The molecule has 2 amide bonds. The van der Waals surface area contributed by atoms with E-state index in [2.05, 4.69) is 15.6 Å². The van der Waals surface area contributed by atoms with Crippen molar-refractivity contribution in [3.63, 3.8) is 0 Å². The van der Waals surface area contributed by atoms with E-state index in [4.69, 9.17) is 16.3 Å². The summed E-state index contributed by atoms with van der Waals surface area (Å²) in [6.07, 6.45) is 1.59. The molecule has 0 radical (unpaired) electrons. The van der Waals surface area contributed by atoms with Crippen LogP contribution in [0.15, 0.2) is 66.9 Å². The van der Waals surface area contributed by atoms with Crippen LogP contribution in [-0.2, 0) is 6.61 Å². The van der Waals surface area contributed by atoms with E-state index in [0.717, 1.165) is 11.1 Å². The number of amides is 2. The number of hydrogen-bond donors (Lipinski definition) is 2. The summed E-state index contributed by atoms with van der Waals surface area (Å²) in [7, 11) is 0. The number of nitrogens with zero attached hydrogens (tertiary/aromatic N) is 1. The number of urea groups is 1. The molecule has 0 fully saturated rings. The summed E-state index contributed by atoms with van der Waals surface area (Å²) in [6.45, 7) is 2.33. The molecule has 132 valence electrons. The largest absolute Gasteiger partial charge is 0.485 e. The molecule has 0 bridgehead atoms. The summed E-state index contributed by atoms with van der Waals surface area (Å²) in [5.74, 6) is 0.840. The topological polar surface area (TPSA) is 63.2 Å². The quantitative estimate of drug-likeness (QED) is 0.646. The second-order valence-corrected chi connectivity index (χ2v) is 6.15. The minimum atomic E-state index is -0.385. The molecule has 1 aromatic heterocycles. The smallest absolute Gasteiger partial charge is 0.324 e. The van der Waals surface area contributed by atoms with Gasteiger partial charge < -0.3 is 10.1 Å². The maximum absolute atomic E-state index is 12.2. The van der Waals surface area contributed by atoms with Crippen LogP contribution in [0.3, 0.4) is 0 Å². The van der Waals surface area contributed by atoms with E-state index >= 15 is 0 Å². The molecule has 2 aromatic carbocycles. The summed E-state index contributed by atoms with van der Waals surface area (Å²) >= 11 is 5.88. The van der Waals surface area contributed by atoms with Crippen molar-refractivity contribution in [2.45, 2.75) is 13.5 Å². The zero-order valence-electron chi connectivity index (χ0n) is 14.2. The number of benzene rings is 2. The first-order valence-electron chi connectivity index (χ1n) is 8.07. The first-order chi connectivity index (χ1) is 12.6. The number of halogens is 1. The molecule has 6 heteroatoms. The predicted octanol–water partition coefficient (Wildman–Crippen LogP) is 5.27. The molecule has 0 saturated heterocycles. The Morgan fingerprint density at radius 1 is 1.04 bits per heavy atom. The molecule has 0 spiro atoms. The van der Waals surface area contributed by atoms with Crippen LogP contribution in [0.1, 0.15) is 11.1 Å². The summed E-state index contributed by atoms with van der Waals surface area (Å²) in [5, 5.41) is 6.15. The maximum atomic E-state index is 12.2. The van der Waals surface area contributed by atoms with Crippen molar-refractivity contribution in [3.05, 3.63) is 83.0 Å². The molecule has 26 heavy (non-hydrogen) atoms. The van der Waals surface area contributed by atoms with E-state index in [1.165, 1.54) is 0 Å². The van der Waals surface area contributed by atoms with Crippen molar-refractivity contribution in [2.24, 2.45) is 0 Å². The van der Waals surface area contributed by atoms with Crippen molar-refractivity contribution in [1.82, 2.24) is 4.98 Å². The van der Waals surface area contributed by atoms with Crippen LogP contribution in [0.2, 0.25) is 5.02 Å². The predicted molar refractivity (Wildman–Crippen MR) is 104 cm³/mol. The van der Waals surface area contributed by atoms with Gasteiger partial charge in [-0.05, 0) is 48.9 Å². The normalized spacial score (nSPS) is 10.2. The number of carbonyl (C=O) groups excluding carboxylic acids is 1. The van der Waals surface area contributed by atoms with Gasteiger partial charge in [0.1, 0.15) is 6.61 Å². The third-order valence-electron chi connectivity index (χ3n) is 3.62. The van der Waals surface area contributed by atoms with Crippen LogP contribution in [-0.4, -0.2) is 11.0 Å². The van der Waals surface area contributed by atoms with Gasteiger partial charge >= 0.3 is 6.03 Å². The number of hydrogen-bond acceptors (Lipinski definition) is 3. The lowest BCUT2D eigenvalue weighted by Gasteiger charge is -2.12. The molecule has 0 saturated carbocycles. The number of aryl methyl sites for hydroxylation is 1. The average molecular weight is 368 g/mol. The number of aromatic nitrogens is 1. The SMILES string of the molecule is Cc1ccc(NC(=O)Nc2ncccc2OCc2ccc(Cl)cc2)cc1. The second-order valence-electron chi connectivity index (χ2n) is 5.71. The van der Waals surface area contributed by atoms with Crippen molar-refractivity contribution < 1.29 is 9.53 Å². The van der Waals surface area contributed by atoms with Crippen molar-refractivity contribution in [1.29, 1.82) is 0 Å². The van der Waals surface area contributed by atoms with Gasteiger partial charge in [0.15, 0.2) is 11.6 Å². The minimum Gasteiger partial charge on any atom is -0.485 e. The lowest BCUT2D eigenvalue weighted by atomic mass is 10.2. The summed E-state index contributed by atoms with van der Waals surface area (Å²) < 4.78 is 5.78. The van der Waals surface area contributed by atoms with Gasteiger partial charge in [0.05, 0.1) is 0 Å². The van der Waals surface area contributed by atoms with Gasteiger partial charge in [0, 0.05) is 16.9 Å². The Morgan fingerprint density at radius 2 is 1.77 bits per heavy atom. The Balaban J connectivity index is 1.63. The first-order valence-corrected chi connectivity index (χ1v) is 8.45. The first kappa shape index (κ1) is 17.8. The van der Waals surface area contributed by atoms with Crippen LogP contribution in [0, 0.1) is 6.92 Å². The highest BCUT2D eigenvalue weighted by Crippen LogP contribution is 2.23. The van der Waals surface area contributed by atoms with Gasteiger partial charge in [-0.2, -0.15) is 0 Å². The number of nitrogens with one attached hydrogen (secondary N) is 2. The van der Waals surface area contributed by atoms with E-state index in [0.29, 0.717) is 28.9 Å². The van der Waals surface area contributed by atoms with Gasteiger partial charge in [-0.25, -0.2) is 9.78 Å². The number of ether oxygens (including phenoxy) is 1. The molecule has 0 atom stereocenters. The van der Waals surface area contributed by atoms with E-state index in [1.807, 2.05) is 43.3 Å². The van der Waals surface area contributed by atoms with E-state index < -0.39 is 0 Å². The second kappa shape index (κ2) is 8.36. The fourth-order valence-corrected chi connectivity index (χ4v) is 2.38. The standard InChI is InChI=1S/C20H18ClN3O2/c1-14-4-10-17(11-5-14)23-20(25)24-19-18(3-2-12-22-19)26-13-15-6-8-16(21)9-7-15/h2-12H,13H2,1H3,(H2,22,23,24,25). The Morgan fingerprint density at radius 3 is 2.50 bits per heavy atom. The molecular formula is C20H18ClN3O2. The summed E-state index contributed by atoms with van der Waals surface area (Å²) in [4.78, 5) is 16.4. The summed E-state index contributed by atoms with van der Waals surface area (Å²) in [5.41, 5.74) is 2.79. The summed E-state index contributed by atoms with van der Waals surface area (Å²) in [6, 6.07) is 18.0. The molecule has 0 aliphatic rings. The molecule has 5 nitrogen and oxygen atoms in total. The van der Waals surface area contributed by atoms with Crippen molar-refractivity contribution in [3.8, 4) is 5.75 Å². The average Bonchev–Trinajstić information content (AvgIpc) is 2.64. The van der Waals surface area contributed by atoms with Gasteiger partial charge in [-0.3, -0.25) is 5.32 Å². The fraction of sp³-hybridized carbons (Fsp3) is 0.100. The highest BCUT2D eigenvalue weighted by molar-refractivity contribution is 6.30. The highest BCUT2D eigenvalue weighted by atomic mass is 35.5. The third kappa shape index (κ3) is 4.97. The lowest BCUT2D eigenvalue weighted by molar-refractivity contribution is 0.261. The number of anilines is 2. The highest BCUT2D eigenvalue weighted by Gasteiger charge is 2.09. The van der Waals surface area contributed by atoms with Crippen LogP contribution in [0.25, 0.3) is 0 Å². The van der Waals surface area contributed by atoms with Crippen molar-refractivity contribution in [2.75, 3.05) is 10.6 Å². The number of rotatable bonds is 5. The zero-order valence-corrected chi connectivity index (χ0v) is 15.0. The zero-order chi connectivity index (χ0) is 18.4. The maximum Gasteiger partial charge on any atom is 0.324 e. The van der Waals surface area contributed by atoms with Crippen LogP contribution >= 0.6 is 11.6 Å². The molecule has 1 heterocycles. The lowest BCUT2D eigenvalue weighted by Crippen LogP contribution is -2.20. The third-order valence-corrected chi connectivity index (χ3v) is 3.87.